The van der Waals surface area contributed by atoms with E-state index in [-0.39, 0.29) is 19.0 Å². The summed E-state index contributed by atoms with van der Waals surface area (Å²) in [7, 11) is 4.63. The largest absolute Gasteiger partial charge is 0.493 e. The third-order valence-corrected chi connectivity index (χ3v) is 5.42. The average Bonchev–Trinajstić information content (AvgIpc) is 3.55. The minimum atomic E-state index is -0.189. The van der Waals surface area contributed by atoms with Gasteiger partial charge in [-0.1, -0.05) is 16.8 Å². The molecule has 4 rings (SSSR count). The summed E-state index contributed by atoms with van der Waals surface area (Å²) in [5.41, 5.74) is 1.76. The molecule has 2 aromatic carbocycles. The normalized spacial score (nSPS) is 10.7. The summed E-state index contributed by atoms with van der Waals surface area (Å²) < 4.78 is 27.3. The molecule has 9 heteroatoms. The molecule has 2 heterocycles. The first-order valence-electron chi connectivity index (χ1n) is 10.4. The summed E-state index contributed by atoms with van der Waals surface area (Å²) in [5, 5.41) is 4.73. The second-order valence-corrected chi connectivity index (χ2v) is 7.78. The number of carbonyl (C=O) groups excluding carboxylic acids is 1. The molecule has 0 atom stereocenters. The van der Waals surface area contributed by atoms with E-state index in [2.05, 4.69) is 5.16 Å². The van der Waals surface area contributed by atoms with Gasteiger partial charge in [0, 0.05) is 22.2 Å². The zero-order valence-electron chi connectivity index (χ0n) is 18.9. The highest BCUT2D eigenvalue weighted by molar-refractivity contribution is 6.30. The van der Waals surface area contributed by atoms with E-state index in [1.807, 2.05) is 6.07 Å². The number of benzene rings is 2. The Labute approximate surface area is 201 Å². The number of halogens is 1. The second kappa shape index (κ2) is 10.4. The minimum Gasteiger partial charge on any atom is -0.493 e. The van der Waals surface area contributed by atoms with E-state index in [9.17, 15) is 4.79 Å². The topological polar surface area (TPSA) is 87.2 Å². The van der Waals surface area contributed by atoms with Gasteiger partial charge in [-0.2, -0.15) is 0 Å². The van der Waals surface area contributed by atoms with Crippen LogP contribution in [0.3, 0.4) is 0 Å². The Balaban J connectivity index is 1.62. The zero-order chi connectivity index (χ0) is 24.1. The number of hydrogen-bond acceptors (Lipinski definition) is 7. The molecule has 4 aromatic rings. The molecule has 0 aliphatic heterocycles. The van der Waals surface area contributed by atoms with E-state index in [4.69, 9.17) is 34.8 Å². The molecule has 2 aromatic heterocycles. The van der Waals surface area contributed by atoms with Gasteiger partial charge in [-0.05, 0) is 48.5 Å². The first-order valence-corrected chi connectivity index (χ1v) is 10.7. The standard InChI is InChI=1S/C25H23ClN2O6/c1-30-22-11-17(12-23(31-2)24(22)32-3)21-13-19(27-34-21)14-28(15-20-5-4-10-33-20)25(29)16-6-8-18(26)9-7-16/h4-13H,14-15H2,1-3H3. The number of carbonyl (C=O) groups is 1. The van der Waals surface area contributed by atoms with Crippen LogP contribution >= 0.6 is 11.6 Å². The van der Waals surface area contributed by atoms with Crippen LogP contribution in [0.15, 0.2) is 69.8 Å². The van der Waals surface area contributed by atoms with Gasteiger partial charge in [0.05, 0.1) is 40.7 Å². The highest BCUT2D eigenvalue weighted by Crippen LogP contribution is 2.41. The molecule has 34 heavy (non-hydrogen) atoms. The van der Waals surface area contributed by atoms with Crippen molar-refractivity contribution in [3.63, 3.8) is 0 Å². The van der Waals surface area contributed by atoms with E-state index in [0.717, 1.165) is 0 Å². The molecule has 0 saturated carbocycles. The monoisotopic (exact) mass is 482 g/mol. The average molecular weight is 483 g/mol. The van der Waals surface area contributed by atoms with Crippen molar-refractivity contribution >= 4 is 17.5 Å². The quantitative estimate of drug-likeness (QED) is 0.313. The Hall–Kier alpha value is -3.91. The Morgan fingerprint density at radius 2 is 1.68 bits per heavy atom. The minimum absolute atomic E-state index is 0.189. The summed E-state index contributed by atoms with van der Waals surface area (Å²) in [5.74, 6) is 2.42. The molecule has 0 aliphatic carbocycles. The van der Waals surface area contributed by atoms with Crippen molar-refractivity contribution < 1.29 is 27.9 Å². The highest BCUT2D eigenvalue weighted by Gasteiger charge is 2.21. The fourth-order valence-corrected chi connectivity index (χ4v) is 3.63. The molecule has 8 nitrogen and oxygen atoms in total. The maximum Gasteiger partial charge on any atom is 0.254 e. The fraction of sp³-hybridized carbons (Fsp3) is 0.200. The Kier molecular flexibility index (Phi) is 7.08. The number of nitrogens with zero attached hydrogens (tertiary/aromatic N) is 2. The second-order valence-electron chi connectivity index (χ2n) is 7.34. The molecule has 0 N–H and O–H groups in total. The Morgan fingerprint density at radius 1 is 0.971 bits per heavy atom. The maximum atomic E-state index is 13.2. The number of ether oxygens (including phenoxy) is 3. The van der Waals surface area contributed by atoms with Crippen LogP contribution in [0, 0.1) is 0 Å². The third-order valence-electron chi connectivity index (χ3n) is 5.17. The van der Waals surface area contributed by atoms with Gasteiger partial charge in [-0.15, -0.1) is 0 Å². The van der Waals surface area contributed by atoms with E-state index in [1.54, 1.807) is 73.9 Å². The molecular formula is C25H23ClN2O6. The number of aromatic nitrogens is 1. The van der Waals surface area contributed by atoms with Crippen molar-refractivity contribution in [2.75, 3.05) is 21.3 Å². The summed E-state index contributed by atoms with van der Waals surface area (Å²) >= 11 is 5.98. The van der Waals surface area contributed by atoms with Gasteiger partial charge in [0.15, 0.2) is 17.3 Å². The first kappa shape index (κ1) is 23.3. The maximum absolute atomic E-state index is 13.2. The van der Waals surface area contributed by atoms with Gasteiger partial charge >= 0.3 is 0 Å². The number of amides is 1. The van der Waals surface area contributed by atoms with Crippen LogP contribution in [0.25, 0.3) is 11.3 Å². The highest BCUT2D eigenvalue weighted by atomic mass is 35.5. The van der Waals surface area contributed by atoms with E-state index in [0.29, 0.717) is 50.6 Å². The van der Waals surface area contributed by atoms with Crippen molar-refractivity contribution in [2.24, 2.45) is 0 Å². The van der Waals surface area contributed by atoms with Gasteiger partial charge < -0.3 is 28.1 Å². The molecule has 0 saturated heterocycles. The van der Waals surface area contributed by atoms with Crippen LogP contribution in [-0.4, -0.2) is 37.3 Å². The lowest BCUT2D eigenvalue weighted by Gasteiger charge is -2.20. The Bertz CT molecular complexity index is 1230. The SMILES string of the molecule is COc1cc(-c2cc(CN(Cc3ccco3)C(=O)c3ccc(Cl)cc3)no2)cc(OC)c1OC. The molecule has 0 fully saturated rings. The van der Waals surface area contributed by atoms with Gasteiger partial charge in [-0.3, -0.25) is 4.79 Å². The van der Waals surface area contributed by atoms with Gasteiger partial charge in [-0.25, -0.2) is 0 Å². The molecule has 0 aliphatic rings. The smallest absolute Gasteiger partial charge is 0.254 e. The number of rotatable bonds is 9. The summed E-state index contributed by atoms with van der Waals surface area (Å²) in [6.45, 7) is 0.469. The van der Waals surface area contributed by atoms with E-state index in [1.165, 1.54) is 7.11 Å². The van der Waals surface area contributed by atoms with E-state index >= 15 is 0 Å². The van der Waals surface area contributed by atoms with Gasteiger partial charge in [0.25, 0.3) is 5.91 Å². The van der Waals surface area contributed by atoms with Crippen LogP contribution in [-0.2, 0) is 13.1 Å². The molecule has 0 radical (unpaired) electrons. The van der Waals surface area contributed by atoms with Crippen molar-refractivity contribution in [1.29, 1.82) is 0 Å². The van der Waals surface area contributed by atoms with Crippen LogP contribution < -0.4 is 14.2 Å². The number of furan rings is 1. The predicted octanol–water partition coefficient (Wildman–Crippen LogP) is 5.46. The zero-order valence-corrected chi connectivity index (χ0v) is 19.7. The van der Waals surface area contributed by atoms with E-state index < -0.39 is 0 Å². The van der Waals surface area contributed by atoms with Crippen molar-refractivity contribution in [1.82, 2.24) is 10.1 Å². The summed E-state index contributed by atoms with van der Waals surface area (Å²) in [4.78, 5) is 14.9. The lowest BCUT2D eigenvalue weighted by molar-refractivity contribution is 0.0713. The van der Waals surface area contributed by atoms with Gasteiger partial charge in [0.2, 0.25) is 5.75 Å². The van der Waals surface area contributed by atoms with Crippen LogP contribution in [0.5, 0.6) is 17.2 Å². The van der Waals surface area contributed by atoms with Crippen LogP contribution in [0.4, 0.5) is 0 Å². The summed E-state index contributed by atoms with van der Waals surface area (Å²) in [6, 6.07) is 15.6. The Morgan fingerprint density at radius 3 is 2.26 bits per heavy atom. The van der Waals surface area contributed by atoms with Crippen LogP contribution in [0.1, 0.15) is 21.8 Å². The first-order chi connectivity index (χ1) is 16.5. The van der Waals surface area contributed by atoms with Crippen molar-refractivity contribution in [3.05, 3.63) is 82.9 Å². The molecular weight excluding hydrogens is 460 g/mol. The predicted molar refractivity (Wildman–Crippen MR) is 125 cm³/mol. The number of methoxy groups -OCH3 is 3. The van der Waals surface area contributed by atoms with Crippen molar-refractivity contribution in [2.45, 2.75) is 13.1 Å². The molecule has 176 valence electrons. The lowest BCUT2D eigenvalue weighted by Crippen LogP contribution is -2.30. The summed E-state index contributed by atoms with van der Waals surface area (Å²) in [6.07, 6.45) is 1.57. The van der Waals surface area contributed by atoms with Crippen LogP contribution in [0.2, 0.25) is 5.02 Å². The number of hydrogen-bond donors (Lipinski definition) is 0. The lowest BCUT2D eigenvalue weighted by atomic mass is 10.1. The molecule has 1 amide bonds. The molecule has 0 bridgehead atoms. The molecule has 0 spiro atoms. The third kappa shape index (κ3) is 5.02. The van der Waals surface area contributed by atoms with Gasteiger partial charge in [0.1, 0.15) is 11.5 Å². The van der Waals surface area contributed by atoms with Crippen molar-refractivity contribution in [3.8, 4) is 28.6 Å². The fourth-order valence-electron chi connectivity index (χ4n) is 3.51. The molecule has 0 unspecified atom stereocenters.